The van der Waals surface area contributed by atoms with Crippen LogP contribution in [0.5, 0.6) is 0 Å². The summed E-state index contributed by atoms with van der Waals surface area (Å²) in [5.74, 6) is 0. The highest BCUT2D eigenvalue weighted by atomic mass is 19.4. The minimum absolute atomic E-state index is 1.43. The van der Waals surface area contributed by atoms with Crippen LogP contribution in [0.4, 0.5) is 22.0 Å². The molecule has 11 heavy (non-hydrogen) atoms. The van der Waals surface area contributed by atoms with Crippen LogP contribution in [0.3, 0.4) is 0 Å². The first-order valence-corrected chi connectivity index (χ1v) is 2.48. The molecule has 0 spiro atoms. The Morgan fingerprint density at radius 3 is 2.00 bits per heavy atom. The summed E-state index contributed by atoms with van der Waals surface area (Å²) in [7, 11) is 0. The van der Waals surface area contributed by atoms with Gasteiger partial charge in [-0.15, -0.1) is 0 Å². The van der Waals surface area contributed by atoms with E-state index >= 15 is 0 Å². The lowest BCUT2D eigenvalue weighted by atomic mass is 10.6. The number of alkyl halides is 5. The molecule has 1 atom stereocenters. The number of halogens is 5. The van der Waals surface area contributed by atoms with E-state index in [4.69, 9.17) is 5.11 Å². The van der Waals surface area contributed by atoms with E-state index in [0.29, 0.717) is 0 Å². The Kier molecular flexibility index (Phi) is 3.67. The van der Waals surface area contributed by atoms with Gasteiger partial charge in [-0.2, -0.15) is 13.2 Å². The average Bonchev–Trinajstić information content (AvgIpc) is 1.80. The molecule has 0 aromatic heterocycles. The molecule has 0 rings (SSSR count). The predicted octanol–water partition coefficient (Wildman–Crippen LogP) is 1.15. The summed E-state index contributed by atoms with van der Waals surface area (Å²) in [5, 5.41) is 7.95. The van der Waals surface area contributed by atoms with E-state index < -0.39 is 25.5 Å². The van der Waals surface area contributed by atoms with E-state index in [-0.39, 0.29) is 0 Å². The highest BCUT2D eigenvalue weighted by Gasteiger charge is 2.39. The van der Waals surface area contributed by atoms with Crippen LogP contribution in [0, 0.1) is 0 Å². The molecule has 7 heteroatoms. The van der Waals surface area contributed by atoms with Crippen molar-refractivity contribution in [3.63, 3.8) is 0 Å². The van der Waals surface area contributed by atoms with Crippen molar-refractivity contribution in [3.05, 3.63) is 0 Å². The van der Waals surface area contributed by atoms with E-state index in [9.17, 15) is 22.0 Å². The van der Waals surface area contributed by atoms with Crippen LogP contribution in [0.2, 0.25) is 0 Å². The zero-order valence-corrected chi connectivity index (χ0v) is 5.11. The summed E-state index contributed by atoms with van der Waals surface area (Å²) >= 11 is 0. The predicted molar refractivity (Wildman–Crippen MR) is 24.0 cm³/mol. The molecule has 0 aromatic carbocycles. The smallest absolute Gasteiger partial charge is 0.361 e. The standard InChI is InChI=1S/C4H5F5O2/c5-2(6)1-11-3(10)4(7,8)9/h2-3,10H,1H2. The van der Waals surface area contributed by atoms with Crippen molar-refractivity contribution < 1.29 is 31.8 Å². The van der Waals surface area contributed by atoms with Gasteiger partial charge in [-0.25, -0.2) is 8.78 Å². The van der Waals surface area contributed by atoms with Crippen molar-refractivity contribution in [2.75, 3.05) is 6.61 Å². The van der Waals surface area contributed by atoms with Gasteiger partial charge in [-0.1, -0.05) is 0 Å². The molecule has 0 aliphatic rings. The third kappa shape index (κ3) is 4.91. The molecule has 0 heterocycles. The van der Waals surface area contributed by atoms with Gasteiger partial charge in [0.05, 0.1) is 0 Å². The van der Waals surface area contributed by atoms with Crippen LogP contribution >= 0.6 is 0 Å². The molecule has 0 amide bonds. The largest absolute Gasteiger partial charge is 0.439 e. The molecule has 0 aliphatic carbocycles. The van der Waals surface area contributed by atoms with E-state index in [0.717, 1.165) is 0 Å². The van der Waals surface area contributed by atoms with Gasteiger partial charge in [-0.3, -0.25) is 0 Å². The topological polar surface area (TPSA) is 29.5 Å². The Hall–Kier alpha value is -0.430. The first-order valence-electron chi connectivity index (χ1n) is 2.48. The van der Waals surface area contributed by atoms with Crippen molar-refractivity contribution in [1.82, 2.24) is 0 Å². The minimum Gasteiger partial charge on any atom is -0.361 e. The second kappa shape index (κ2) is 3.82. The van der Waals surface area contributed by atoms with Crippen LogP contribution in [0.1, 0.15) is 0 Å². The number of hydrogen-bond acceptors (Lipinski definition) is 2. The fourth-order valence-electron chi connectivity index (χ4n) is 0.258. The third-order valence-electron chi connectivity index (χ3n) is 0.660. The maximum atomic E-state index is 11.3. The molecule has 0 bridgehead atoms. The highest BCUT2D eigenvalue weighted by Crippen LogP contribution is 2.20. The van der Waals surface area contributed by atoms with Crippen LogP contribution in [-0.4, -0.2) is 30.6 Å². The Balaban J connectivity index is 3.61. The van der Waals surface area contributed by atoms with Crippen LogP contribution in [0.15, 0.2) is 0 Å². The van der Waals surface area contributed by atoms with Crippen LogP contribution in [0.25, 0.3) is 0 Å². The van der Waals surface area contributed by atoms with Crippen molar-refractivity contribution >= 4 is 0 Å². The van der Waals surface area contributed by atoms with Crippen LogP contribution < -0.4 is 0 Å². The van der Waals surface area contributed by atoms with Gasteiger partial charge < -0.3 is 9.84 Å². The van der Waals surface area contributed by atoms with Gasteiger partial charge in [0, 0.05) is 0 Å². The lowest BCUT2D eigenvalue weighted by molar-refractivity contribution is -0.298. The molecule has 0 saturated heterocycles. The number of ether oxygens (including phenoxy) is 1. The second-order valence-electron chi connectivity index (χ2n) is 1.62. The molecular weight excluding hydrogens is 175 g/mol. The average molecular weight is 180 g/mol. The molecular formula is C4H5F5O2. The van der Waals surface area contributed by atoms with Crippen LogP contribution in [-0.2, 0) is 4.74 Å². The van der Waals surface area contributed by atoms with Gasteiger partial charge in [0.15, 0.2) is 0 Å². The molecule has 1 unspecified atom stereocenters. The molecule has 1 N–H and O–H groups in total. The normalized spacial score (nSPS) is 15.5. The second-order valence-corrected chi connectivity index (χ2v) is 1.62. The Labute approximate surface area is 58.6 Å². The van der Waals surface area contributed by atoms with Gasteiger partial charge in [0.1, 0.15) is 6.61 Å². The zero-order valence-electron chi connectivity index (χ0n) is 5.11. The van der Waals surface area contributed by atoms with Gasteiger partial charge in [0.25, 0.3) is 12.7 Å². The van der Waals surface area contributed by atoms with E-state index in [2.05, 4.69) is 4.74 Å². The van der Waals surface area contributed by atoms with Crippen molar-refractivity contribution in [3.8, 4) is 0 Å². The summed E-state index contributed by atoms with van der Waals surface area (Å²) in [5.41, 5.74) is 0. The number of aliphatic hydroxyl groups excluding tert-OH is 1. The first-order chi connectivity index (χ1) is 4.84. The lowest BCUT2D eigenvalue weighted by Crippen LogP contribution is -2.32. The third-order valence-corrected chi connectivity index (χ3v) is 0.660. The van der Waals surface area contributed by atoms with Crippen molar-refractivity contribution in [2.45, 2.75) is 18.9 Å². The maximum absolute atomic E-state index is 11.3. The van der Waals surface area contributed by atoms with E-state index in [1.807, 2.05) is 0 Å². The quantitative estimate of drug-likeness (QED) is 0.521. The fourth-order valence-corrected chi connectivity index (χ4v) is 0.258. The maximum Gasteiger partial charge on any atom is 0.439 e. The van der Waals surface area contributed by atoms with E-state index in [1.165, 1.54) is 0 Å². The SMILES string of the molecule is OC(OCC(F)F)C(F)(F)F. The van der Waals surface area contributed by atoms with Gasteiger partial charge >= 0.3 is 6.18 Å². The Morgan fingerprint density at radius 1 is 1.27 bits per heavy atom. The fraction of sp³-hybridized carbons (Fsp3) is 1.00. The molecule has 0 aromatic rings. The summed E-state index contributed by atoms with van der Waals surface area (Å²) < 4.78 is 59.5. The zero-order chi connectivity index (χ0) is 9.07. The number of rotatable bonds is 3. The van der Waals surface area contributed by atoms with Gasteiger partial charge in [-0.05, 0) is 0 Å². The lowest BCUT2D eigenvalue weighted by Gasteiger charge is -2.14. The molecule has 0 fully saturated rings. The molecule has 0 radical (unpaired) electrons. The molecule has 0 saturated carbocycles. The number of aliphatic hydroxyl groups is 1. The molecule has 0 aliphatic heterocycles. The first kappa shape index (κ1) is 10.6. The van der Waals surface area contributed by atoms with Crippen molar-refractivity contribution in [1.29, 1.82) is 0 Å². The van der Waals surface area contributed by atoms with E-state index in [1.54, 1.807) is 0 Å². The Morgan fingerprint density at radius 2 is 1.73 bits per heavy atom. The summed E-state index contributed by atoms with van der Waals surface area (Å²) in [6, 6.07) is 0. The molecule has 2 nitrogen and oxygen atoms in total. The monoisotopic (exact) mass is 180 g/mol. The van der Waals surface area contributed by atoms with Crippen molar-refractivity contribution in [2.24, 2.45) is 0 Å². The van der Waals surface area contributed by atoms with Gasteiger partial charge in [0.2, 0.25) is 0 Å². The number of hydrogen-bond donors (Lipinski definition) is 1. The Bertz CT molecular complexity index is 112. The highest BCUT2D eigenvalue weighted by molar-refractivity contribution is 4.53. The summed E-state index contributed by atoms with van der Waals surface area (Å²) in [6.07, 6.45) is -11.2. The summed E-state index contributed by atoms with van der Waals surface area (Å²) in [4.78, 5) is 0. The summed E-state index contributed by atoms with van der Waals surface area (Å²) in [6.45, 7) is -1.43. The molecule has 68 valence electrons. The minimum atomic E-state index is -5.01.